The average molecular weight is 529 g/mol. The fourth-order valence-electron chi connectivity index (χ4n) is 4.25. The molecule has 0 saturated heterocycles. The molecule has 0 radical (unpaired) electrons. The smallest absolute Gasteiger partial charge is 0.234 e. The third kappa shape index (κ3) is 6.63. The number of carbonyl (C=O) groups is 2. The van der Waals surface area contributed by atoms with Crippen molar-refractivity contribution in [1.29, 1.82) is 0 Å². The lowest BCUT2D eigenvalue weighted by molar-refractivity contribution is -0.134. The van der Waals surface area contributed by atoms with E-state index in [1.807, 2.05) is 104 Å². The van der Waals surface area contributed by atoms with Gasteiger partial charge in [-0.05, 0) is 36.6 Å². The summed E-state index contributed by atoms with van der Waals surface area (Å²) in [5, 5.41) is 12.3. The zero-order chi connectivity index (χ0) is 26.9. The summed E-state index contributed by atoms with van der Waals surface area (Å²) in [6.07, 6.45) is 0.935. The first kappa shape index (κ1) is 27.0. The predicted molar refractivity (Wildman–Crippen MR) is 151 cm³/mol. The highest BCUT2D eigenvalue weighted by Crippen LogP contribution is 2.30. The topological polar surface area (TPSA) is 84.4 Å². The zero-order valence-electron chi connectivity index (χ0n) is 21.8. The van der Waals surface area contributed by atoms with Crippen molar-refractivity contribution < 1.29 is 14.3 Å². The molecule has 1 heterocycles. The van der Waals surface area contributed by atoms with Crippen LogP contribution in [0.1, 0.15) is 43.7 Å². The molecular weight excluding hydrogens is 496 g/mol. The van der Waals surface area contributed by atoms with Crippen molar-refractivity contribution >= 4 is 28.3 Å². The number of nitrogens with one attached hydrogen (secondary N) is 1. The van der Waals surface area contributed by atoms with E-state index in [1.165, 1.54) is 11.3 Å². The van der Waals surface area contributed by atoms with Crippen molar-refractivity contribution in [2.45, 2.75) is 38.6 Å². The third-order valence-electron chi connectivity index (χ3n) is 6.49. The van der Waals surface area contributed by atoms with Crippen LogP contribution in [0.15, 0.2) is 84.9 Å². The standard InChI is InChI=1S/C30H32N4O3S/c1-4-21(2)34(29(36)27(22-12-7-5-8-13-22)23-14-9-6-10-15-23)19-18-26(35)31-30-33-32-28(38-30)24-16-11-17-25(20-24)37-3/h5-17,20-21,27H,4,18-19H2,1-3H3,(H,31,33,35)/t21-/m1/s1. The molecule has 38 heavy (non-hydrogen) atoms. The molecule has 0 saturated carbocycles. The Bertz CT molecular complexity index is 1300. The SMILES string of the molecule is CC[C@@H](C)N(CCC(=O)Nc1nnc(-c2cccc(OC)c2)s1)C(=O)C(c1ccccc1)c1ccccc1. The normalized spacial score (nSPS) is 11.7. The van der Waals surface area contributed by atoms with Crippen LogP contribution < -0.4 is 10.1 Å². The number of ether oxygens (including phenoxy) is 1. The van der Waals surface area contributed by atoms with E-state index in [4.69, 9.17) is 4.74 Å². The quantitative estimate of drug-likeness (QED) is 0.258. The van der Waals surface area contributed by atoms with Crippen molar-refractivity contribution in [2.75, 3.05) is 19.0 Å². The molecule has 0 fully saturated rings. The van der Waals surface area contributed by atoms with Gasteiger partial charge in [0.2, 0.25) is 16.9 Å². The maximum Gasteiger partial charge on any atom is 0.234 e. The Balaban J connectivity index is 1.47. The molecule has 1 N–H and O–H groups in total. The van der Waals surface area contributed by atoms with Gasteiger partial charge in [-0.25, -0.2) is 0 Å². The van der Waals surface area contributed by atoms with E-state index >= 15 is 0 Å². The summed E-state index contributed by atoms with van der Waals surface area (Å²) in [5.41, 5.74) is 2.73. The maximum absolute atomic E-state index is 14.0. The second-order valence-electron chi connectivity index (χ2n) is 8.99. The average Bonchev–Trinajstić information content (AvgIpc) is 3.42. The summed E-state index contributed by atoms with van der Waals surface area (Å²) >= 11 is 1.29. The largest absolute Gasteiger partial charge is 0.497 e. The number of hydrogen-bond acceptors (Lipinski definition) is 6. The van der Waals surface area contributed by atoms with Crippen LogP contribution in [-0.2, 0) is 9.59 Å². The van der Waals surface area contributed by atoms with Gasteiger partial charge in [-0.15, -0.1) is 10.2 Å². The van der Waals surface area contributed by atoms with Gasteiger partial charge in [0.1, 0.15) is 10.8 Å². The van der Waals surface area contributed by atoms with E-state index in [-0.39, 0.29) is 24.3 Å². The van der Waals surface area contributed by atoms with Gasteiger partial charge in [0, 0.05) is 24.6 Å². The van der Waals surface area contributed by atoms with Gasteiger partial charge in [-0.3, -0.25) is 9.59 Å². The number of anilines is 1. The van der Waals surface area contributed by atoms with Crippen molar-refractivity contribution in [3.63, 3.8) is 0 Å². The number of aromatic nitrogens is 2. The van der Waals surface area contributed by atoms with Crippen molar-refractivity contribution in [3.05, 3.63) is 96.1 Å². The van der Waals surface area contributed by atoms with Crippen molar-refractivity contribution in [1.82, 2.24) is 15.1 Å². The molecule has 0 bridgehead atoms. The van der Waals surface area contributed by atoms with E-state index < -0.39 is 5.92 Å². The van der Waals surface area contributed by atoms with Crippen molar-refractivity contribution in [3.8, 4) is 16.3 Å². The third-order valence-corrected chi connectivity index (χ3v) is 7.37. The lowest BCUT2D eigenvalue weighted by atomic mass is 9.89. The molecule has 0 aliphatic carbocycles. The van der Waals surface area contributed by atoms with Gasteiger partial charge in [-0.2, -0.15) is 0 Å². The van der Waals surface area contributed by atoms with Crippen LogP contribution in [0.3, 0.4) is 0 Å². The van der Waals surface area contributed by atoms with Gasteiger partial charge in [-0.1, -0.05) is 91.1 Å². The number of hydrogen-bond donors (Lipinski definition) is 1. The number of methoxy groups -OCH3 is 1. The highest BCUT2D eigenvalue weighted by atomic mass is 32.1. The molecule has 1 aromatic heterocycles. The first-order valence-corrected chi connectivity index (χ1v) is 13.5. The molecule has 0 aliphatic rings. The summed E-state index contributed by atoms with van der Waals surface area (Å²) in [6, 6.07) is 27.1. The number of carbonyl (C=O) groups excluding carboxylic acids is 2. The van der Waals surface area contributed by atoms with Crippen LogP contribution in [0.2, 0.25) is 0 Å². The Labute approximate surface area is 227 Å². The van der Waals surface area contributed by atoms with Crippen LogP contribution in [0.25, 0.3) is 10.6 Å². The lowest BCUT2D eigenvalue weighted by Gasteiger charge is -2.32. The minimum absolute atomic E-state index is 0.0132. The molecule has 7 nitrogen and oxygen atoms in total. The predicted octanol–water partition coefficient (Wildman–Crippen LogP) is 6.00. The highest BCUT2D eigenvalue weighted by Gasteiger charge is 2.30. The molecule has 4 rings (SSSR count). The summed E-state index contributed by atoms with van der Waals surface area (Å²) in [7, 11) is 1.61. The van der Waals surface area contributed by atoms with Crippen LogP contribution in [0, 0.1) is 0 Å². The van der Waals surface area contributed by atoms with Gasteiger partial charge >= 0.3 is 0 Å². The molecule has 1 atom stereocenters. The fourth-order valence-corrected chi connectivity index (χ4v) is 5.01. The second-order valence-corrected chi connectivity index (χ2v) is 9.96. The number of amides is 2. The Kier molecular flexibility index (Phi) is 9.21. The molecule has 0 aliphatic heterocycles. The van der Waals surface area contributed by atoms with Crippen LogP contribution in [-0.4, -0.2) is 46.6 Å². The fraction of sp³-hybridized carbons (Fsp3) is 0.267. The minimum Gasteiger partial charge on any atom is -0.497 e. The van der Waals surface area contributed by atoms with E-state index in [0.717, 1.165) is 28.9 Å². The van der Waals surface area contributed by atoms with Gasteiger partial charge in [0.25, 0.3) is 0 Å². The monoisotopic (exact) mass is 528 g/mol. The molecule has 196 valence electrons. The van der Waals surface area contributed by atoms with Crippen LogP contribution in [0.5, 0.6) is 5.75 Å². The lowest BCUT2D eigenvalue weighted by Crippen LogP contribution is -2.43. The number of rotatable bonds is 11. The molecule has 0 spiro atoms. The molecule has 2 amide bonds. The number of benzene rings is 3. The Hall–Kier alpha value is -4.04. The van der Waals surface area contributed by atoms with E-state index in [9.17, 15) is 9.59 Å². The molecular formula is C30H32N4O3S. The molecule has 3 aromatic carbocycles. The Morgan fingerprint density at radius 3 is 2.21 bits per heavy atom. The summed E-state index contributed by atoms with van der Waals surface area (Å²) in [6.45, 7) is 4.37. The second kappa shape index (κ2) is 13.0. The first-order valence-electron chi connectivity index (χ1n) is 12.7. The van der Waals surface area contributed by atoms with Crippen molar-refractivity contribution in [2.24, 2.45) is 0 Å². The summed E-state index contributed by atoms with van der Waals surface area (Å²) in [4.78, 5) is 28.7. The van der Waals surface area contributed by atoms with Gasteiger partial charge in [0.05, 0.1) is 13.0 Å². The molecule has 8 heteroatoms. The first-order chi connectivity index (χ1) is 18.5. The van der Waals surface area contributed by atoms with Gasteiger partial charge in [0.15, 0.2) is 0 Å². The summed E-state index contributed by atoms with van der Waals surface area (Å²) < 4.78 is 5.28. The highest BCUT2D eigenvalue weighted by molar-refractivity contribution is 7.18. The number of nitrogens with zero attached hydrogens (tertiary/aromatic N) is 3. The molecule has 4 aromatic rings. The van der Waals surface area contributed by atoms with Crippen LogP contribution in [0.4, 0.5) is 5.13 Å². The summed E-state index contributed by atoms with van der Waals surface area (Å²) in [5.74, 6) is 0.0571. The minimum atomic E-state index is -0.442. The molecule has 0 unspecified atom stereocenters. The van der Waals surface area contributed by atoms with E-state index in [1.54, 1.807) is 7.11 Å². The van der Waals surface area contributed by atoms with Gasteiger partial charge < -0.3 is 15.0 Å². The Morgan fingerprint density at radius 2 is 1.61 bits per heavy atom. The van der Waals surface area contributed by atoms with Crippen LogP contribution >= 0.6 is 11.3 Å². The Morgan fingerprint density at radius 1 is 0.947 bits per heavy atom. The van der Waals surface area contributed by atoms with E-state index in [0.29, 0.717) is 16.7 Å². The maximum atomic E-state index is 14.0. The van der Waals surface area contributed by atoms with E-state index in [2.05, 4.69) is 15.5 Å². The zero-order valence-corrected chi connectivity index (χ0v) is 22.7.